The third-order valence-corrected chi connectivity index (χ3v) is 3.64. The molecule has 136 valence electrons. The van der Waals surface area contributed by atoms with Gasteiger partial charge in [0.1, 0.15) is 23.0 Å². The van der Waals surface area contributed by atoms with Crippen molar-refractivity contribution in [3.63, 3.8) is 0 Å². The summed E-state index contributed by atoms with van der Waals surface area (Å²) < 4.78 is 21.1. The predicted molar refractivity (Wildman–Crippen MR) is 94.2 cm³/mol. The molecule has 2 aromatic carbocycles. The van der Waals surface area contributed by atoms with Gasteiger partial charge in [-0.1, -0.05) is 0 Å². The van der Waals surface area contributed by atoms with Crippen LogP contribution in [-0.2, 0) is 9.59 Å². The molecule has 2 N–H and O–H groups in total. The molecule has 0 atom stereocenters. The highest BCUT2D eigenvalue weighted by molar-refractivity contribution is 5.96. The summed E-state index contributed by atoms with van der Waals surface area (Å²) in [7, 11) is 3.05. The lowest BCUT2D eigenvalue weighted by Crippen LogP contribution is -2.25. The maximum Gasteiger partial charge on any atom is 0.262 e. The average molecular weight is 358 g/mol. The standard InChI is InChI=1S/C18H18N2O6/c1-23-11-3-5-13(16(8-11)24-2)19-17(21)9-25-12-4-6-15-14(7-12)20-18(22)10-26-15/h3-8H,9-10H2,1-2H3,(H,19,21)(H,20,22). The van der Waals surface area contributed by atoms with Crippen molar-refractivity contribution in [2.75, 3.05) is 38.1 Å². The largest absolute Gasteiger partial charge is 0.497 e. The molecule has 8 heteroatoms. The number of rotatable bonds is 6. The molecule has 0 fully saturated rings. The molecule has 0 aromatic heterocycles. The monoisotopic (exact) mass is 358 g/mol. The van der Waals surface area contributed by atoms with Crippen molar-refractivity contribution in [2.45, 2.75) is 0 Å². The van der Waals surface area contributed by atoms with Gasteiger partial charge in [-0.2, -0.15) is 0 Å². The first-order valence-corrected chi connectivity index (χ1v) is 7.80. The van der Waals surface area contributed by atoms with Gasteiger partial charge in [0.2, 0.25) is 0 Å². The molecule has 0 spiro atoms. The fourth-order valence-electron chi connectivity index (χ4n) is 2.39. The van der Waals surface area contributed by atoms with Gasteiger partial charge < -0.3 is 29.6 Å². The van der Waals surface area contributed by atoms with Crippen molar-refractivity contribution in [1.82, 2.24) is 0 Å². The van der Waals surface area contributed by atoms with E-state index in [9.17, 15) is 9.59 Å². The number of carbonyl (C=O) groups is 2. The van der Waals surface area contributed by atoms with E-state index >= 15 is 0 Å². The van der Waals surface area contributed by atoms with E-state index in [0.717, 1.165) is 0 Å². The lowest BCUT2D eigenvalue weighted by atomic mass is 10.2. The average Bonchev–Trinajstić information content (AvgIpc) is 2.66. The van der Waals surface area contributed by atoms with Gasteiger partial charge in [0.15, 0.2) is 13.2 Å². The smallest absolute Gasteiger partial charge is 0.262 e. The predicted octanol–water partition coefficient (Wildman–Crippen LogP) is 2.05. The Morgan fingerprint density at radius 3 is 2.73 bits per heavy atom. The second-order valence-corrected chi connectivity index (χ2v) is 5.40. The number of benzene rings is 2. The van der Waals surface area contributed by atoms with E-state index in [4.69, 9.17) is 18.9 Å². The Bertz CT molecular complexity index is 836. The number of hydrogen-bond acceptors (Lipinski definition) is 6. The molecule has 8 nitrogen and oxygen atoms in total. The molecule has 2 amide bonds. The van der Waals surface area contributed by atoms with Crippen LogP contribution in [-0.4, -0.2) is 39.2 Å². The maximum atomic E-state index is 12.1. The summed E-state index contributed by atoms with van der Waals surface area (Å²) in [5, 5.41) is 5.39. The van der Waals surface area contributed by atoms with Crippen LogP contribution in [0, 0.1) is 0 Å². The molecule has 0 radical (unpaired) electrons. The van der Waals surface area contributed by atoms with Gasteiger partial charge >= 0.3 is 0 Å². The van der Waals surface area contributed by atoms with Gasteiger partial charge in [0.25, 0.3) is 11.8 Å². The Hall–Kier alpha value is -3.42. The van der Waals surface area contributed by atoms with Crippen LogP contribution >= 0.6 is 0 Å². The van der Waals surface area contributed by atoms with Crippen LogP contribution in [0.15, 0.2) is 36.4 Å². The van der Waals surface area contributed by atoms with Gasteiger partial charge in [0, 0.05) is 12.1 Å². The first-order valence-electron chi connectivity index (χ1n) is 7.80. The molecule has 3 rings (SSSR count). The van der Waals surface area contributed by atoms with Gasteiger partial charge in [-0.05, 0) is 24.3 Å². The van der Waals surface area contributed by atoms with Crippen LogP contribution < -0.4 is 29.6 Å². The van der Waals surface area contributed by atoms with Gasteiger partial charge in [-0.3, -0.25) is 9.59 Å². The van der Waals surface area contributed by atoms with E-state index in [-0.39, 0.29) is 25.0 Å². The van der Waals surface area contributed by atoms with E-state index < -0.39 is 0 Å². The molecule has 1 aliphatic heterocycles. The highest BCUT2D eigenvalue weighted by atomic mass is 16.5. The van der Waals surface area contributed by atoms with Crippen LogP contribution in [0.25, 0.3) is 0 Å². The van der Waals surface area contributed by atoms with Crippen molar-refractivity contribution in [3.05, 3.63) is 36.4 Å². The number of nitrogens with one attached hydrogen (secondary N) is 2. The molecule has 0 aliphatic carbocycles. The molecule has 0 unspecified atom stereocenters. The SMILES string of the molecule is COc1ccc(NC(=O)COc2ccc3c(c2)NC(=O)CO3)c(OC)c1. The molecule has 2 aromatic rings. The van der Waals surface area contributed by atoms with Crippen molar-refractivity contribution in [1.29, 1.82) is 0 Å². The molecular weight excluding hydrogens is 340 g/mol. The van der Waals surface area contributed by atoms with E-state index in [1.807, 2.05) is 0 Å². The van der Waals surface area contributed by atoms with Crippen LogP contribution in [0.2, 0.25) is 0 Å². The van der Waals surface area contributed by atoms with Gasteiger partial charge in [-0.15, -0.1) is 0 Å². The Morgan fingerprint density at radius 1 is 1.15 bits per heavy atom. The molecule has 26 heavy (non-hydrogen) atoms. The Balaban J connectivity index is 1.61. The second-order valence-electron chi connectivity index (χ2n) is 5.40. The number of amides is 2. The number of fused-ring (bicyclic) bond motifs is 1. The van der Waals surface area contributed by atoms with Crippen LogP contribution in [0.3, 0.4) is 0 Å². The fraction of sp³-hybridized carbons (Fsp3) is 0.222. The number of hydrogen-bond donors (Lipinski definition) is 2. The third kappa shape index (κ3) is 3.97. The first-order chi connectivity index (χ1) is 12.6. The Morgan fingerprint density at radius 2 is 1.96 bits per heavy atom. The zero-order valence-corrected chi connectivity index (χ0v) is 14.3. The van der Waals surface area contributed by atoms with Crippen molar-refractivity contribution in [3.8, 4) is 23.0 Å². The summed E-state index contributed by atoms with van der Waals surface area (Å²) in [6.45, 7) is -0.220. The van der Waals surface area contributed by atoms with Crippen LogP contribution in [0.5, 0.6) is 23.0 Å². The molecule has 0 saturated carbocycles. The minimum Gasteiger partial charge on any atom is -0.497 e. The van der Waals surface area contributed by atoms with Crippen molar-refractivity contribution in [2.24, 2.45) is 0 Å². The maximum absolute atomic E-state index is 12.1. The summed E-state index contributed by atoms with van der Waals surface area (Å²) in [5.74, 6) is 1.50. The zero-order valence-electron chi connectivity index (χ0n) is 14.3. The molecule has 1 heterocycles. The van der Waals surface area contributed by atoms with Crippen molar-refractivity contribution < 1.29 is 28.5 Å². The highest BCUT2D eigenvalue weighted by Crippen LogP contribution is 2.32. The van der Waals surface area contributed by atoms with Gasteiger partial charge in [-0.25, -0.2) is 0 Å². The summed E-state index contributed by atoms with van der Waals surface area (Å²) in [6, 6.07) is 10.0. The van der Waals surface area contributed by atoms with E-state index in [2.05, 4.69) is 10.6 Å². The number of methoxy groups -OCH3 is 2. The molecule has 1 aliphatic rings. The molecular formula is C18H18N2O6. The summed E-state index contributed by atoms with van der Waals surface area (Å²) in [6.07, 6.45) is 0. The van der Waals surface area contributed by atoms with Gasteiger partial charge in [0.05, 0.1) is 25.6 Å². The van der Waals surface area contributed by atoms with Crippen LogP contribution in [0.1, 0.15) is 0 Å². The topological polar surface area (TPSA) is 95.1 Å². The summed E-state index contributed by atoms with van der Waals surface area (Å²) in [5.41, 5.74) is 1.02. The van der Waals surface area contributed by atoms with Crippen molar-refractivity contribution >= 4 is 23.2 Å². The first kappa shape index (κ1) is 17.4. The number of ether oxygens (including phenoxy) is 4. The van der Waals surface area contributed by atoms with Crippen LogP contribution in [0.4, 0.5) is 11.4 Å². The fourth-order valence-corrected chi connectivity index (χ4v) is 2.39. The minimum absolute atomic E-state index is 0.0146. The third-order valence-electron chi connectivity index (χ3n) is 3.64. The van der Waals surface area contributed by atoms with E-state index in [0.29, 0.717) is 34.4 Å². The molecule has 0 bridgehead atoms. The number of carbonyl (C=O) groups excluding carboxylic acids is 2. The van der Waals surface area contributed by atoms with E-state index in [1.165, 1.54) is 7.11 Å². The Kier molecular flexibility index (Phi) is 5.12. The minimum atomic E-state index is -0.355. The van der Waals surface area contributed by atoms with E-state index in [1.54, 1.807) is 43.5 Å². The quantitative estimate of drug-likeness (QED) is 0.821. The zero-order chi connectivity index (χ0) is 18.5. The second kappa shape index (κ2) is 7.64. The number of anilines is 2. The summed E-state index contributed by atoms with van der Waals surface area (Å²) in [4.78, 5) is 23.5. The lowest BCUT2D eigenvalue weighted by Gasteiger charge is -2.18. The molecule has 0 saturated heterocycles. The Labute approximate surface area is 150 Å². The lowest BCUT2D eigenvalue weighted by molar-refractivity contribution is -0.119. The normalized spacial score (nSPS) is 12.3. The highest BCUT2D eigenvalue weighted by Gasteiger charge is 2.17. The summed E-state index contributed by atoms with van der Waals surface area (Å²) >= 11 is 0.